The van der Waals surface area contributed by atoms with Crippen molar-refractivity contribution in [1.29, 1.82) is 0 Å². The number of nitrogens with zero attached hydrogens (tertiary/aromatic N) is 2. The lowest BCUT2D eigenvalue weighted by Crippen LogP contribution is -2.12. The Hall–Kier alpha value is -1.37. The van der Waals surface area contributed by atoms with Gasteiger partial charge in [-0.3, -0.25) is 0 Å². The van der Waals surface area contributed by atoms with Crippen LogP contribution < -0.4 is 5.14 Å². The van der Waals surface area contributed by atoms with Crippen LogP contribution >= 0.6 is 11.6 Å². The van der Waals surface area contributed by atoms with Crippen molar-refractivity contribution < 1.29 is 8.42 Å². The second-order valence-corrected chi connectivity index (χ2v) is 5.50. The molecule has 1 aromatic carbocycles. The molecule has 7 heteroatoms. The molecule has 17 heavy (non-hydrogen) atoms. The van der Waals surface area contributed by atoms with Crippen LogP contribution in [0.25, 0.3) is 0 Å². The Kier molecular flexibility index (Phi) is 3.19. The van der Waals surface area contributed by atoms with Crippen molar-refractivity contribution in [3.05, 3.63) is 47.4 Å². The minimum Gasteiger partial charge on any atom is -0.332 e. The Morgan fingerprint density at radius 3 is 2.47 bits per heavy atom. The molecule has 0 amide bonds. The van der Waals surface area contributed by atoms with Gasteiger partial charge in [0.05, 0.1) is 6.33 Å². The van der Waals surface area contributed by atoms with E-state index in [1.807, 2.05) is 12.1 Å². The molecule has 0 aliphatic carbocycles. The van der Waals surface area contributed by atoms with Crippen molar-refractivity contribution in [2.75, 3.05) is 0 Å². The van der Waals surface area contributed by atoms with Crippen LogP contribution in [0.4, 0.5) is 0 Å². The SMILES string of the molecule is NS(=O)(=O)c1cn(Cc2ccc(Cl)cc2)cn1. The topological polar surface area (TPSA) is 78.0 Å². The van der Waals surface area contributed by atoms with Crippen LogP contribution in [0.5, 0.6) is 0 Å². The highest BCUT2D eigenvalue weighted by Crippen LogP contribution is 2.11. The van der Waals surface area contributed by atoms with Gasteiger partial charge in [-0.2, -0.15) is 0 Å². The number of benzene rings is 1. The lowest BCUT2D eigenvalue weighted by molar-refractivity contribution is 0.594. The molecule has 2 aromatic rings. The molecule has 0 aliphatic rings. The molecule has 0 aliphatic heterocycles. The summed E-state index contributed by atoms with van der Waals surface area (Å²) in [6.45, 7) is 0.514. The van der Waals surface area contributed by atoms with Gasteiger partial charge >= 0.3 is 0 Å². The van der Waals surface area contributed by atoms with E-state index in [-0.39, 0.29) is 5.03 Å². The predicted octanol–water partition coefficient (Wildman–Crippen LogP) is 1.23. The highest BCUT2D eigenvalue weighted by Gasteiger charge is 2.11. The third-order valence-electron chi connectivity index (χ3n) is 2.18. The van der Waals surface area contributed by atoms with Crippen LogP contribution in [0.1, 0.15) is 5.56 Å². The zero-order valence-electron chi connectivity index (χ0n) is 8.75. The summed E-state index contributed by atoms with van der Waals surface area (Å²) >= 11 is 5.76. The van der Waals surface area contributed by atoms with E-state index in [0.717, 1.165) is 5.56 Å². The summed E-state index contributed by atoms with van der Waals surface area (Å²) in [5.74, 6) is 0. The standard InChI is InChI=1S/C10H10ClN3O2S/c11-9-3-1-8(2-4-9)5-14-6-10(13-7-14)17(12,15)16/h1-4,6-7H,5H2,(H2,12,15,16). The molecule has 5 nitrogen and oxygen atoms in total. The molecule has 0 atom stereocenters. The predicted molar refractivity (Wildman–Crippen MR) is 64.2 cm³/mol. The van der Waals surface area contributed by atoms with Crippen molar-refractivity contribution in [3.63, 3.8) is 0 Å². The summed E-state index contributed by atoms with van der Waals surface area (Å²) in [6, 6.07) is 7.26. The lowest BCUT2D eigenvalue weighted by Gasteiger charge is -2.01. The number of halogens is 1. The van der Waals surface area contributed by atoms with Crippen LogP contribution in [0.15, 0.2) is 41.8 Å². The Labute approximate surface area is 104 Å². The van der Waals surface area contributed by atoms with Gasteiger partial charge in [0.15, 0.2) is 5.03 Å². The molecule has 0 radical (unpaired) electrons. The summed E-state index contributed by atoms with van der Waals surface area (Å²) in [4.78, 5) is 3.73. The van der Waals surface area contributed by atoms with E-state index in [0.29, 0.717) is 11.6 Å². The monoisotopic (exact) mass is 271 g/mol. The molecule has 1 aromatic heterocycles. The highest BCUT2D eigenvalue weighted by molar-refractivity contribution is 7.89. The summed E-state index contributed by atoms with van der Waals surface area (Å²) in [5, 5.41) is 5.49. The fourth-order valence-electron chi connectivity index (χ4n) is 1.37. The first-order chi connectivity index (χ1) is 7.95. The van der Waals surface area contributed by atoms with Crippen LogP contribution in [-0.2, 0) is 16.6 Å². The van der Waals surface area contributed by atoms with Gasteiger partial charge in [0.2, 0.25) is 0 Å². The average Bonchev–Trinajstić information content (AvgIpc) is 2.69. The number of nitrogens with two attached hydrogens (primary N) is 1. The van der Waals surface area contributed by atoms with E-state index >= 15 is 0 Å². The van der Waals surface area contributed by atoms with Crippen LogP contribution in [0.3, 0.4) is 0 Å². The van der Waals surface area contributed by atoms with E-state index in [1.54, 1.807) is 16.7 Å². The van der Waals surface area contributed by atoms with Crippen molar-refractivity contribution in [1.82, 2.24) is 9.55 Å². The molecule has 0 fully saturated rings. The average molecular weight is 272 g/mol. The fraction of sp³-hybridized carbons (Fsp3) is 0.100. The number of aromatic nitrogens is 2. The van der Waals surface area contributed by atoms with Gasteiger partial charge in [-0.15, -0.1) is 0 Å². The van der Waals surface area contributed by atoms with E-state index in [2.05, 4.69) is 4.98 Å². The zero-order valence-corrected chi connectivity index (χ0v) is 10.3. The normalized spacial score (nSPS) is 11.6. The van der Waals surface area contributed by atoms with Crippen molar-refractivity contribution in [3.8, 4) is 0 Å². The van der Waals surface area contributed by atoms with Gasteiger partial charge in [0, 0.05) is 17.8 Å². The van der Waals surface area contributed by atoms with Gasteiger partial charge in [0.25, 0.3) is 10.0 Å². The minimum absolute atomic E-state index is 0.133. The summed E-state index contributed by atoms with van der Waals surface area (Å²) in [5.41, 5.74) is 0.993. The Balaban J connectivity index is 2.20. The number of hydrogen-bond acceptors (Lipinski definition) is 3. The summed E-state index contributed by atoms with van der Waals surface area (Å²) < 4.78 is 23.7. The number of primary sulfonamides is 1. The Morgan fingerprint density at radius 1 is 1.29 bits per heavy atom. The van der Waals surface area contributed by atoms with Crippen LogP contribution in [-0.4, -0.2) is 18.0 Å². The Bertz CT molecular complexity index is 619. The molecule has 0 saturated carbocycles. The van der Waals surface area contributed by atoms with Gasteiger partial charge in [-0.25, -0.2) is 18.5 Å². The maximum atomic E-state index is 11.0. The van der Waals surface area contributed by atoms with E-state index in [4.69, 9.17) is 16.7 Å². The number of rotatable bonds is 3. The molecule has 1 heterocycles. The maximum absolute atomic E-state index is 11.0. The molecule has 0 bridgehead atoms. The molecule has 2 N–H and O–H groups in total. The van der Waals surface area contributed by atoms with Crippen LogP contribution in [0, 0.1) is 0 Å². The summed E-state index contributed by atoms with van der Waals surface area (Å²) in [6.07, 6.45) is 2.82. The third-order valence-corrected chi connectivity index (χ3v) is 3.23. The number of hydrogen-bond donors (Lipinski definition) is 1. The van der Waals surface area contributed by atoms with Crippen molar-refractivity contribution in [2.24, 2.45) is 5.14 Å². The minimum atomic E-state index is -3.73. The first kappa shape index (κ1) is 12.1. The third kappa shape index (κ3) is 3.06. The molecular weight excluding hydrogens is 262 g/mol. The fourth-order valence-corrected chi connectivity index (χ4v) is 1.98. The first-order valence-electron chi connectivity index (χ1n) is 4.74. The van der Waals surface area contributed by atoms with E-state index in [9.17, 15) is 8.42 Å². The zero-order chi connectivity index (χ0) is 12.5. The van der Waals surface area contributed by atoms with Gasteiger partial charge in [0.1, 0.15) is 0 Å². The Morgan fingerprint density at radius 2 is 1.94 bits per heavy atom. The largest absolute Gasteiger partial charge is 0.332 e. The van der Waals surface area contributed by atoms with E-state index < -0.39 is 10.0 Å². The first-order valence-corrected chi connectivity index (χ1v) is 6.66. The second kappa shape index (κ2) is 4.48. The molecule has 0 spiro atoms. The molecule has 0 unspecified atom stereocenters. The van der Waals surface area contributed by atoms with Crippen molar-refractivity contribution in [2.45, 2.75) is 11.6 Å². The van der Waals surface area contributed by atoms with Crippen molar-refractivity contribution >= 4 is 21.6 Å². The highest BCUT2D eigenvalue weighted by atomic mass is 35.5. The van der Waals surface area contributed by atoms with Gasteiger partial charge in [-0.1, -0.05) is 23.7 Å². The molecule has 90 valence electrons. The molecule has 0 saturated heterocycles. The second-order valence-electron chi connectivity index (χ2n) is 3.56. The smallest absolute Gasteiger partial charge is 0.257 e. The quantitative estimate of drug-likeness (QED) is 0.912. The van der Waals surface area contributed by atoms with Gasteiger partial charge < -0.3 is 4.57 Å². The molecule has 2 rings (SSSR count). The lowest BCUT2D eigenvalue weighted by atomic mass is 10.2. The molecular formula is C10H10ClN3O2S. The van der Waals surface area contributed by atoms with E-state index in [1.165, 1.54) is 12.5 Å². The van der Waals surface area contributed by atoms with Crippen LogP contribution in [0.2, 0.25) is 5.02 Å². The van der Waals surface area contributed by atoms with Gasteiger partial charge in [-0.05, 0) is 17.7 Å². The maximum Gasteiger partial charge on any atom is 0.257 e. The number of sulfonamides is 1. The number of imidazole rings is 1. The summed E-state index contributed by atoms with van der Waals surface area (Å²) in [7, 11) is -3.73.